The molecule has 0 unspecified atom stereocenters. The van der Waals surface area contributed by atoms with E-state index in [2.05, 4.69) is 40.0 Å². The third kappa shape index (κ3) is 2.79. The van der Waals surface area contributed by atoms with Crippen molar-refractivity contribution in [2.24, 2.45) is 0 Å². The highest BCUT2D eigenvalue weighted by Gasteiger charge is 2.07. The molecule has 0 spiro atoms. The van der Waals surface area contributed by atoms with Crippen LogP contribution in [0.4, 0.5) is 0 Å². The zero-order valence-corrected chi connectivity index (χ0v) is 11.8. The number of pyridine rings is 1. The molecule has 0 N–H and O–H groups in total. The first-order valence-corrected chi connectivity index (χ1v) is 6.25. The van der Waals surface area contributed by atoms with E-state index in [9.17, 15) is 0 Å². The number of ether oxygens (including phenoxy) is 1. The standard InChI is InChI=1S/C13H11BrClNO/c1-8-3-4-10(14)7-11(8)9-5-12(15)16-13(6-9)17-2/h3-7H,1-2H3. The van der Waals surface area contributed by atoms with Gasteiger partial charge in [0.05, 0.1) is 7.11 Å². The molecule has 0 saturated heterocycles. The van der Waals surface area contributed by atoms with Crippen molar-refractivity contribution < 1.29 is 4.74 Å². The highest BCUT2D eigenvalue weighted by molar-refractivity contribution is 9.10. The highest BCUT2D eigenvalue weighted by atomic mass is 79.9. The van der Waals surface area contributed by atoms with Crippen LogP contribution in [0.25, 0.3) is 11.1 Å². The van der Waals surface area contributed by atoms with Crippen molar-refractivity contribution in [3.63, 3.8) is 0 Å². The van der Waals surface area contributed by atoms with Gasteiger partial charge >= 0.3 is 0 Å². The maximum Gasteiger partial charge on any atom is 0.214 e. The molecule has 2 aromatic rings. The van der Waals surface area contributed by atoms with Gasteiger partial charge in [-0.15, -0.1) is 0 Å². The van der Waals surface area contributed by atoms with E-state index in [1.165, 1.54) is 5.56 Å². The van der Waals surface area contributed by atoms with Gasteiger partial charge in [0.15, 0.2) is 0 Å². The molecule has 1 aromatic heterocycles. The Morgan fingerprint density at radius 1 is 1.24 bits per heavy atom. The molecule has 0 aliphatic carbocycles. The topological polar surface area (TPSA) is 22.1 Å². The van der Waals surface area contributed by atoms with Crippen LogP contribution in [0.15, 0.2) is 34.8 Å². The predicted octanol–water partition coefficient (Wildman–Crippen LogP) is 4.48. The van der Waals surface area contributed by atoms with Gasteiger partial charge in [0.1, 0.15) is 5.15 Å². The van der Waals surface area contributed by atoms with E-state index < -0.39 is 0 Å². The molecule has 0 radical (unpaired) electrons. The van der Waals surface area contributed by atoms with E-state index in [1.807, 2.05) is 18.2 Å². The van der Waals surface area contributed by atoms with Crippen molar-refractivity contribution in [2.45, 2.75) is 6.92 Å². The van der Waals surface area contributed by atoms with Gasteiger partial charge in [0, 0.05) is 10.5 Å². The molecular weight excluding hydrogens is 302 g/mol. The van der Waals surface area contributed by atoms with Crippen molar-refractivity contribution in [3.05, 3.63) is 45.5 Å². The summed E-state index contributed by atoms with van der Waals surface area (Å²) in [6.45, 7) is 2.06. The predicted molar refractivity (Wildman–Crippen MR) is 73.7 cm³/mol. The molecule has 17 heavy (non-hydrogen) atoms. The lowest BCUT2D eigenvalue weighted by Gasteiger charge is -2.08. The van der Waals surface area contributed by atoms with Crippen molar-refractivity contribution in [1.82, 2.24) is 4.98 Å². The molecule has 4 heteroatoms. The quantitative estimate of drug-likeness (QED) is 0.763. The fourth-order valence-corrected chi connectivity index (χ4v) is 2.20. The van der Waals surface area contributed by atoms with Crippen molar-refractivity contribution in [3.8, 4) is 17.0 Å². The number of rotatable bonds is 2. The molecule has 2 nitrogen and oxygen atoms in total. The fraction of sp³-hybridized carbons (Fsp3) is 0.154. The second kappa shape index (κ2) is 5.07. The number of hydrogen-bond acceptors (Lipinski definition) is 2. The number of aromatic nitrogens is 1. The Morgan fingerprint density at radius 3 is 2.71 bits per heavy atom. The monoisotopic (exact) mass is 311 g/mol. The first-order chi connectivity index (χ1) is 8.10. The molecular formula is C13H11BrClNO. The van der Waals surface area contributed by atoms with Gasteiger partial charge in [-0.2, -0.15) is 0 Å². The van der Waals surface area contributed by atoms with Crippen molar-refractivity contribution in [2.75, 3.05) is 7.11 Å². The second-order valence-electron chi connectivity index (χ2n) is 3.68. The fourth-order valence-electron chi connectivity index (χ4n) is 1.64. The third-order valence-electron chi connectivity index (χ3n) is 2.49. The van der Waals surface area contributed by atoms with Crippen molar-refractivity contribution >= 4 is 27.5 Å². The lowest BCUT2D eigenvalue weighted by atomic mass is 10.0. The summed E-state index contributed by atoms with van der Waals surface area (Å²) in [5, 5.41) is 0.429. The maximum atomic E-state index is 5.97. The first kappa shape index (κ1) is 12.4. The first-order valence-electron chi connectivity index (χ1n) is 5.08. The van der Waals surface area contributed by atoms with Crippen LogP contribution in [0.2, 0.25) is 5.15 Å². The Hall–Kier alpha value is -1.06. The lowest BCUT2D eigenvalue weighted by Crippen LogP contribution is -1.90. The largest absolute Gasteiger partial charge is 0.481 e. The molecule has 1 aromatic carbocycles. The number of benzene rings is 1. The van der Waals surface area contributed by atoms with Gasteiger partial charge < -0.3 is 4.74 Å². The van der Waals surface area contributed by atoms with Crippen LogP contribution < -0.4 is 4.74 Å². The van der Waals surface area contributed by atoms with Crippen molar-refractivity contribution in [1.29, 1.82) is 0 Å². The average molecular weight is 313 g/mol. The van der Waals surface area contributed by atoms with E-state index in [4.69, 9.17) is 16.3 Å². The van der Waals surface area contributed by atoms with E-state index >= 15 is 0 Å². The SMILES string of the molecule is COc1cc(-c2cc(Br)ccc2C)cc(Cl)n1. The Labute approximate surface area is 114 Å². The summed E-state index contributed by atoms with van der Waals surface area (Å²) in [5.41, 5.74) is 3.29. The van der Waals surface area contributed by atoms with E-state index in [0.717, 1.165) is 15.6 Å². The Balaban J connectivity index is 2.59. The molecule has 0 aliphatic heterocycles. The Morgan fingerprint density at radius 2 is 2.00 bits per heavy atom. The molecule has 0 atom stereocenters. The van der Waals surface area contributed by atoms with E-state index in [0.29, 0.717) is 11.0 Å². The van der Waals surface area contributed by atoms with Crippen LogP contribution in [0.3, 0.4) is 0 Å². The summed E-state index contributed by atoms with van der Waals surface area (Å²) in [7, 11) is 1.58. The Bertz CT molecular complexity index is 557. The van der Waals surface area contributed by atoms with Crippen LogP contribution in [0, 0.1) is 6.92 Å². The summed E-state index contributed by atoms with van der Waals surface area (Å²) >= 11 is 9.44. The van der Waals surface area contributed by atoms with Gasteiger partial charge in [-0.05, 0) is 41.8 Å². The number of hydrogen-bond donors (Lipinski definition) is 0. The Kier molecular flexibility index (Phi) is 3.69. The zero-order valence-electron chi connectivity index (χ0n) is 9.50. The number of aryl methyl sites for hydroxylation is 1. The lowest BCUT2D eigenvalue weighted by molar-refractivity contribution is 0.398. The minimum Gasteiger partial charge on any atom is -0.481 e. The van der Waals surface area contributed by atoms with Gasteiger partial charge in [0.2, 0.25) is 5.88 Å². The molecule has 0 aliphatic rings. The number of nitrogens with zero attached hydrogens (tertiary/aromatic N) is 1. The minimum atomic E-state index is 0.429. The molecule has 0 amide bonds. The minimum absolute atomic E-state index is 0.429. The van der Waals surface area contributed by atoms with Gasteiger partial charge in [-0.3, -0.25) is 0 Å². The maximum absolute atomic E-state index is 5.97. The summed E-state index contributed by atoms with van der Waals surface area (Å²) in [4.78, 5) is 4.06. The third-order valence-corrected chi connectivity index (χ3v) is 3.18. The summed E-state index contributed by atoms with van der Waals surface area (Å²) in [6.07, 6.45) is 0. The second-order valence-corrected chi connectivity index (χ2v) is 4.98. The van der Waals surface area contributed by atoms with Crippen LogP contribution in [0.5, 0.6) is 5.88 Å². The highest BCUT2D eigenvalue weighted by Crippen LogP contribution is 2.30. The smallest absolute Gasteiger partial charge is 0.214 e. The zero-order chi connectivity index (χ0) is 12.4. The summed E-state index contributed by atoms with van der Waals surface area (Å²) < 4.78 is 6.15. The molecule has 1 heterocycles. The van der Waals surface area contributed by atoms with E-state index in [-0.39, 0.29) is 0 Å². The number of halogens is 2. The van der Waals surface area contributed by atoms with Gasteiger partial charge in [-0.1, -0.05) is 33.6 Å². The normalized spacial score (nSPS) is 10.4. The molecule has 0 saturated carbocycles. The van der Waals surface area contributed by atoms with Crippen LogP contribution >= 0.6 is 27.5 Å². The number of methoxy groups -OCH3 is 1. The average Bonchev–Trinajstić information content (AvgIpc) is 2.31. The molecule has 88 valence electrons. The van der Waals surface area contributed by atoms with E-state index in [1.54, 1.807) is 7.11 Å². The van der Waals surface area contributed by atoms with Crippen LogP contribution in [0.1, 0.15) is 5.56 Å². The molecule has 2 rings (SSSR count). The van der Waals surface area contributed by atoms with Crippen LogP contribution in [-0.4, -0.2) is 12.1 Å². The summed E-state index contributed by atoms with van der Waals surface area (Å²) in [5.74, 6) is 0.520. The summed E-state index contributed by atoms with van der Waals surface area (Å²) in [6, 6.07) is 9.83. The molecule has 0 fully saturated rings. The van der Waals surface area contributed by atoms with Gasteiger partial charge in [0.25, 0.3) is 0 Å². The van der Waals surface area contributed by atoms with Crippen LogP contribution in [-0.2, 0) is 0 Å². The van der Waals surface area contributed by atoms with Gasteiger partial charge in [-0.25, -0.2) is 4.98 Å². The molecule has 0 bridgehead atoms.